The summed E-state index contributed by atoms with van der Waals surface area (Å²) in [5, 5.41) is 10.2. The van der Waals surface area contributed by atoms with Crippen LogP contribution in [0.3, 0.4) is 0 Å². The summed E-state index contributed by atoms with van der Waals surface area (Å²) in [6.45, 7) is 3.53. The number of aromatic nitrogens is 2. The zero-order chi connectivity index (χ0) is 14.9. The Labute approximate surface area is 124 Å². The molecule has 21 heavy (non-hydrogen) atoms. The van der Waals surface area contributed by atoms with E-state index in [1.165, 1.54) is 0 Å². The molecule has 0 fully saturated rings. The average Bonchev–Trinajstić information content (AvgIpc) is 2.90. The maximum absolute atomic E-state index is 12.4. The maximum atomic E-state index is 12.4. The second kappa shape index (κ2) is 5.50. The van der Waals surface area contributed by atoms with Gasteiger partial charge in [0.15, 0.2) is 5.82 Å². The fraction of sp³-hybridized carbons (Fsp3) is 0.357. The maximum Gasteiger partial charge on any atom is 0.263 e. The van der Waals surface area contributed by atoms with Crippen molar-refractivity contribution in [3.05, 3.63) is 41.1 Å². The minimum Gasteiger partial charge on any atom is -0.312 e. The molecule has 0 radical (unpaired) electrons. The molecule has 2 heterocycles. The van der Waals surface area contributed by atoms with E-state index in [0.717, 1.165) is 36.2 Å². The molecule has 6 nitrogen and oxygen atoms in total. The van der Waals surface area contributed by atoms with Crippen LogP contribution in [0, 0.1) is 0 Å². The molecule has 0 unspecified atom stereocenters. The highest BCUT2D eigenvalue weighted by atomic mass is 32.2. The molecule has 1 aromatic heterocycles. The normalized spacial score (nSPS) is 14.7. The first kappa shape index (κ1) is 14.1. The molecule has 112 valence electrons. The van der Waals surface area contributed by atoms with E-state index >= 15 is 0 Å². The van der Waals surface area contributed by atoms with Gasteiger partial charge in [0.05, 0.1) is 4.90 Å². The van der Waals surface area contributed by atoms with Crippen molar-refractivity contribution in [2.75, 3.05) is 11.3 Å². The van der Waals surface area contributed by atoms with Crippen molar-refractivity contribution < 1.29 is 8.42 Å². The van der Waals surface area contributed by atoms with Crippen LogP contribution in [0.4, 0.5) is 5.82 Å². The van der Waals surface area contributed by atoms with E-state index < -0.39 is 10.0 Å². The largest absolute Gasteiger partial charge is 0.312 e. The van der Waals surface area contributed by atoms with Crippen LogP contribution in [0.25, 0.3) is 0 Å². The summed E-state index contributed by atoms with van der Waals surface area (Å²) < 4.78 is 27.4. The molecule has 1 aromatic carbocycles. The predicted octanol–water partition coefficient (Wildman–Crippen LogP) is 1.42. The van der Waals surface area contributed by atoms with Crippen molar-refractivity contribution in [3.63, 3.8) is 0 Å². The van der Waals surface area contributed by atoms with Crippen LogP contribution in [0.2, 0.25) is 0 Å². The van der Waals surface area contributed by atoms with E-state index in [1.807, 2.05) is 19.1 Å². The van der Waals surface area contributed by atoms with Gasteiger partial charge in [-0.1, -0.05) is 19.1 Å². The van der Waals surface area contributed by atoms with Gasteiger partial charge in [-0.2, -0.15) is 5.10 Å². The number of nitrogens with one attached hydrogen (secondary N) is 3. The van der Waals surface area contributed by atoms with E-state index in [4.69, 9.17) is 0 Å². The third-order valence-electron chi connectivity index (χ3n) is 3.68. The molecule has 0 amide bonds. The van der Waals surface area contributed by atoms with Crippen molar-refractivity contribution >= 4 is 15.8 Å². The minimum absolute atomic E-state index is 0.250. The molecular weight excluding hydrogens is 288 g/mol. The molecule has 1 aliphatic heterocycles. The lowest BCUT2D eigenvalue weighted by atomic mass is 10.1. The lowest BCUT2D eigenvalue weighted by Gasteiger charge is -2.13. The number of benzene rings is 1. The number of H-pyrrole nitrogens is 1. The van der Waals surface area contributed by atoms with Gasteiger partial charge in [-0.05, 0) is 24.1 Å². The predicted molar refractivity (Wildman–Crippen MR) is 80.6 cm³/mol. The van der Waals surface area contributed by atoms with Crippen molar-refractivity contribution in [1.29, 1.82) is 0 Å². The summed E-state index contributed by atoms with van der Waals surface area (Å²) in [4.78, 5) is 0.250. The van der Waals surface area contributed by atoms with Crippen LogP contribution in [0.15, 0.2) is 29.2 Å². The molecule has 3 rings (SSSR count). The Bertz CT molecular complexity index is 735. The van der Waals surface area contributed by atoms with Crippen LogP contribution in [-0.2, 0) is 29.4 Å². The molecule has 0 aliphatic carbocycles. The van der Waals surface area contributed by atoms with Crippen LogP contribution in [0.5, 0.6) is 0 Å². The minimum atomic E-state index is -3.60. The van der Waals surface area contributed by atoms with Gasteiger partial charge in [-0.3, -0.25) is 9.82 Å². The SMILES string of the molecule is CCc1ccc(S(=O)(=O)Nc2n[nH]c3c2CNCC3)cc1. The average molecular weight is 306 g/mol. The van der Waals surface area contributed by atoms with Gasteiger partial charge in [-0.25, -0.2) is 8.42 Å². The first-order chi connectivity index (χ1) is 10.1. The van der Waals surface area contributed by atoms with E-state index in [9.17, 15) is 8.42 Å². The van der Waals surface area contributed by atoms with Crippen molar-refractivity contribution in [1.82, 2.24) is 15.5 Å². The lowest BCUT2D eigenvalue weighted by Crippen LogP contribution is -2.24. The Hall–Kier alpha value is -1.86. The quantitative estimate of drug-likeness (QED) is 0.797. The Kier molecular flexibility index (Phi) is 3.69. The van der Waals surface area contributed by atoms with Crippen LogP contribution < -0.4 is 10.0 Å². The third-order valence-corrected chi connectivity index (χ3v) is 5.03. The molecule has 0 atom stereocenters. The van der Waals surface area contributed by atoms with Gasteiger partial charge in [-0.15, -0.1) is 0 Å². The van der Waals surface area contributed by atoms with Gasteiger partial charge in [0.2, 0.25) is 0 Å². The standard InChI is InChI=1S/C14H18N4O2S/c1-2-10-3-5-11(6-4-10)21(19,20)18-14-12-9-15-8-7-13(12)16-17-14/h3-6,15H,2,7-9H2,1H3,(H2,16,17,18). The Morgan fingerprint density at radius 1 is 1.29 bits per heavy atom. The van der Waals surface area contributed by atoms with E-state index in [0.29, 0.717) is 12.4 Å². The van der Waals surface area contributed by atoms with E-state index in [1.54, 1.807) is 12.1 Å². The Morgan fingerprint density at radius 2 is 2.05 bits per heavy atom. The number of nitrogens with zero attached hydrogens (tertiary/aromatic N) is 1. The topological polar surface area (TPSA) is 86.9 Å². The van der Waals surface area contributed by atoms with E-state index in [-0.39, 0.29) is 4.90 Å². The second-order valence-corrected chi connectivity index (χ2v) is 6.74. The fourth-order valence-electron chi connectivity index (χ4n) is 2.40. The van der Waals surface area contributed by atoms with Gasteiger partial charge >= 0.3 is 0 Å². The van der Waals surface area contributed by atoms with Crippen molar-refractivity contribution in [3.8, 4) is 0 Å². The summed E-state index contributed by atoms with van der Waals surface area (Å²) in [6.07, 6.45) is 1.71. The number of aryl methyl sites for hydroxylation is 1. The zero-order valence-electron chi connectivity index (χ0n) is 11.8. The lowest BCUT2D eigenvalue weighted by molar-refractivity contribution is 0.600. The van der Waals surface area contributed by atoms with Crippen molar-refractivity contribution in [2.45, 2.75) is 31.2 Å². The molecule has 0 bridgehead atoms. The summed E-state index contributed by atoms with van der Waals surface area (Å²) in [7, 11) is -3.60. The molecule has 3 N–H and O–H groups in total. The highest BCUT2D eigenvalue weighted by molar-refractivity contribution is 7.92. The molecule has 0 spiro atoms. The number of hydrogen-bond donors (Lipinski definition) is 3. The Morgan fingerprint density at radius 3 is 2.76 bits per heavy atom. The number of rotatable bonds is 4. The first-order valence-corrected chi connectivity index (χ1v) is 8.47. The number of hydrogen-bond acceptors (Lipinski definition) is 4. The Balaban J connectivity index is 1.87. The highest BCUT2D eigenvalue weighted by Gasteiger charge is 2.21. The summed E-state index contributed by atoms with van der Waals surface area (Å²) >= 11 is 0. The molecule has 1 aliphatic rings. The van der Waals surface area contributed by atoms with Gasteiger partial charge < -0.3 is 5.32 Å². The van der Waals surface area contributed by atoms with Gasteiger partial charge in [0, 0.05) is 30.8 Å². The van der Waals surface area contributed by atoms with Gasteiger partial charge in [0.1, 0.15) is 0 Å². The van der Waals surface area contributed by atoms with Crippen LogP contribution in [0.1, 0.15) is 23.7 Å². The van der Waals surface area contributed by atoms with Crippen molar-refractivity contribution in [2.24, 2.45) is 0 Å². The van der Waals surface area contributed by atoms with Gasteiger partial charge in [0.25, 0.3) is 10.0 Å². The summed E-state index contributed by atoms with van der Waals surface area (Å²) in [5.74, 6) is 0.386. The zero-order valence-corrected chi connectivity index (χ0v) is 12.6. The highest BCUT2D eigenvalue weighted by Crippen LogP contribution is 2.23. The van der Waals surface area contributed by atoms with Crippen LogP contribution in [-0.4, -0.2) is 25.2 Å². The van der Waals surface area contributed by atoms with E-state index in [2.05, 4.69) is 20.2 Å². The molecule has 7 heteroatoms. The molecule has 0 saturated carbocycles. The molecular formula is C14H18N4O2S. The van der Waals surface area contributed by atoms with Crippen LogP contribution >= 0.6 is 0 Å². The number of sulfonamides is 1. The summed E-state index contributed by atoms with van der Waals surface area (Å²) in [5.41, 5.74) is 3.00. The fourth-order valence-corrected chi connectivity index (χ4v) is 3.44. The first-order valence-electron chi connectivity index (χ1n) is 6.99. The third kappa shape index (κ3) is 2.79. The monoisotopic (exact) mass is 306 g/mol. The number of anilines is 1. The molecule has 0 saturated heterocycles. The number of aromatic amines is 1. The second-order valence-electron chi connectivity index (χ2n) is 5.06. The molecule has 2 aromatic rings. The number of fused-ring (bicyclic) bond motifs is 1. The smallest absolute Gasteiger partial charge is 0.263 e. The summed E-state index contributed by atoms with van der Waals surface area (Å²) in [6, 6.07) is 6.91.